The molecule has 0 N–H and O–H groups in total. The fraction of sp³-hybridized carbons (Fsp3) is 0.400. The topological polar surface area (TPSA) is 9.23 Å². The van der Waals surface area contributed by atoms with Gasteiger partial charge < -0.3 is 4.74 Å². The van der Waals surface area contributed by atoms with E-state index in [1.54, 1.807) is 6.07 Å². The number of rotatable bonds is 4. The molecule has 22 heavy (non-hydrogen) atoms. The maximum absolute atomic E-state index is 13.8. The molecule has 1 saturated carbocycles. The second-order valence-electron chi connectivity index (χ2n) is 6.11. The fourth-order valence-corrected chi connectivity index (χ4v) is 3.72. The molecule has 116 valence electrons. The third-order valence-corrected chi connectivity index (χ3v) is 4.80. The monoisotopic (exact) mass is 298 g/mol. The number of halogens is 1. The fourth-order valence-electron chi connectivity index (χ4n) is 3.72. The van der Waals surface area contributed by atoms with Gasteiger partial charge in [-0.2, -0.15) is 0 Å². The molecule has 2 aromatic rings. The molecule has 0 radical (unpaired) electrons. The maximum atomic E-state index is 13.8. The van der Waals surface area contributed by atoms with Crippen LogP contribution < -0.4 is 4.74 Å². The van der Waals surface area contributed by atoms with Gasteiger partial charge in [0.2, 0.25) is 0 Å². The molecule has 0 spiro atoms. The molecule has 0 unspecified atom stereocenters. The van der Waals surface area contributed by atoms with E-state index < -0.39 is 0 Å². The van der Waals surface area contributed by atoms with Crippen LogP contribution in [0.5, 0.6) is 5.75 Å². The molecule has 2 heteroatoms. The molecule has 0 bridgehead atoms. The molecule has 1 aliphatic rings. The van der Waals surface area contributed by atoms with Gasteiger partial charge in [-0.05, 0) is 55.2 Å². The van der Waals surface area contributed by atoms with E-state index in [9.17, 15) is 4.39 Å². The highest BCUT2D eigenvalue weighted by molar-refractivity contribution is 5.42. The van der Waals surface area contributed by atoms with Crippen LogP contribution in [0.1, 0.15) is 50.2 Å². The van der Waals surface area contributed by atoms with Crippen LogP contribution in [0.15, 0.2) is 48.5 Å². The first-order valence-corrected chi connectivity index (χ1v) is 8.24. The number of ether oxygens (including phenoxy) is 1. The Morgan fingerprint density at radius 2 is 1.68 bits per heavy atom. The zero-order chi connectivity index (χ0) is 15.4. The average Bonchev–Trinajstić information content (AvgIpc) is 2.56. The van der Waals surface area contributed by atoms with Crippen molar-refractivity contribution < 1.29 is 9.13 Å². The van der Waals surface area contributed by atoms with Crippen molar-refractivity contribution in [3.8, 4) is 5.75 Å². The van der Waals surface area contributed by atoms with Gasteiger partial charge in [0.15, 0.2) is 0 Å². The smallest absolute Gasteiger partial charge is 0.123 e. The summed E-state index contributed by atoms with van der Waals surface area (Å²) in [6, 6.07) is 15.5. The molecule has 1 aliphatic carbocycles. The van der Waals surface area contributed by atoms with Gasteiger partial charge in [-0.15, -0.1) is 0 Å². The van der Waals surface area contributed by atoms with Crippen LogP contribution in [-0.2, 0) is 5.41 Å². The molecule has 0 atom stereocenters. The van der Waals surface area contributed by atoms with Gasteiger partial charge >= 0.3 is 0 Å². The summed E-state index contributed by atoms with van der Waals surface area (Å²) in [6.07, 6.45) is 5.84. The molecule has 1 fully saturated rings. The Hall–Kier alpha value is -1.83. The number of benzene rings is 2. The van der Waals surface area contributed by atoms with Crippen LogP contribution in [0.2, 0.25) is 0 Å². The van der Waals surface area contributed by atoms with Gasteiger partial charge in [0.25, 0.3) is 0 Å². The third kappa shape index (κ3) is 2.87. The van der Waals surface area contributed by atoms with E-state index >= 15 is 0 Å². The van der Waals surface area contributed by atoms with Crippen LogP contribution in [0.3, 0.4) is 0 Å². The quantitative estimate of drug-likeness (QED) is 0.726. The first kappa shape index (κ1) is 15.1. The van der Waals surface area contributed by atoms with E-state index in [4.69, 9.17) is 4.74 Å². The van der Waals surface area contributed by atoms with E-state index in [0.29, 0.717) is 6.61 Å². The lowest BCUT2D eigenvalue weighted by Crippen LogP contribution is -2.30. The first-order chi connectivity index (χ1) is 10.7. The Kier molecular flexibility index (Phi) is 4.47. The molecule has 1 nitrogen and oxygen atoms in total. The van der Waals surface area contributed by atoms with Crippen molar-refractivity contribution in [2.24, 2.45) is 0 Å². The predicted molar refractivity (Wildman–Crippen MR) is 87.9 cm³/mol. The number of hydrogen-bond donors (Lipinski definition) is 0. The van der Waals surface area contributed by atoms with Crippen molar-refractivity contribution in [1.82, 2.24) is 0 Å². The lowest BCUT2D eigenvalue weighted by atomic mass is 9.65. The van der Waals surface area contributed by atoms with Gasteiger partial charge in [0.1, 0.15) is 11.6 Å². The van der Waals surface area contributed by atoms with Crippen molar-refractivity contribution in [2.75, 3.05) is 6.61 Å². The zero-order valence-corrected chi connectivity index (χ0v) is 13.1. The summed E-state index contributed by atoms with van der Waals surface area (Å²) in [5, 5.41) is 0. The van der Waals surface area contributed by atoms with E-state index in [1.807, 2.05) is 25.1 Å². The van der Waals surface area contributed by atoms with Gasteiger partial charge in [0, 0.05) is 5.41 Å². The van der Waals surface area contributed by atoms with Crippen LogP contribution >= 0.6 is 0 Å². The molecule has 0 amide bonds. The van der Waals surface area contributed by atoms with Gasteiger partial charge in [0.05, 0.1) is 6.61 Å². The van der Waals surface area contributed by atoms with Crippen molar-refractivity contribution in [3.63, 3.8) is 0 Å². The van der Waals surface area contributed by atoms with Crippen LogP contribution in [0.4, 0.5) is 4.39 Å². The van der Waals surface area contributed by atoms with Crippen molar-refractivity contribution in [1.29, 1.82) is 0 Å². The second kappa shape index (κ2) is 6.51. The van der Waals surface area contributed by atoms with Crippen LogP contribution in [-0.4, -0.2) is 6.61 Å². The Labute approximate surface area is 132 Å². The van der Waals surface area contributed by atoms with Crippen LogP contribution in [0, 0.1) is 5.82 Å². The van der Waals surface area contributed by atoms with E-state index in [1.165, 1.54) is 30.9 Å². The Morgan fingerprint density at radius 3 is 2.32 bits per heavy atom. The second-order valence-corrected chi connectivity index (χ2v) is 6.11. The molecule has 0 saturated heterocycles. The Morgan fingerprint density at radius 1 is 0.955 bits per heavy atom. The summed E-state index contributed by atoms with van der Waals surface area (Å²) in [6.45, 7) is 2.66. The summed E-state index contributed by atoms with van der Waals surface area (Å²) >= 11 is 0. The molecule has 3 rings (SSSR count). The van der Waals surface area contributed by atoms with Crippen molar-refractivity contribution >= 4 is 0 Å². The zero-order valence-electron chi connectivity index (χ0n) is 13.1. The standard InChI is InChI=1S/C20H23FO/c1-2-22-19-11-9-16(10-12-19)20(13-4-3-5-14-20)17-7-6-8-18(21)15-17/h6-12,15H,2-5,13-14H2,1H3. The van der Waals surface area contributed by atoms with Gasteiger partial charge in [-0.3, -0.25) is 0 Å². The van der Waals surface area contributed by atoms with Gasteiger partial charge in [-0.25, -0.2) is 4.39 Å². The largest absolute Gasteiger partial charge is 0.494 e. The van der Waals surface area contributed by atoms with E-state index in [0.717, 1.165) is 24.2 Å². The summed E-state index contributed by atoms with van der Waals surface area (Å²) in [5.74, 6) is 0.754. The van der Waals surface area contributed by atoms with Crippen molar-refractivity contribution in [3.05, 3.63) is 65.5 Å². The van der Waals surface area contributed by atoms with Crippen molar-refractivity contribution in [2.45, 2.75) is 44.4 Å². The van der Waals surface area contributed by atoms with Gasteiger partial charge in [-0.1, -0.05) is 43.5 Å². The predicted octanol–water partition coefficient (Wildman–Crippen LogP) is 5.47. The molecule has 0 aliphatic heterocycles. The summed E-state index contributed by atoms with van der Waals surface area (Å²) in [4.78, 5) is 0. The first-order valence-electron chi connectivity index (χ1n) is 8.24. The van der Waals surface area contributed by atoms with Crippen LogP contribution in [0.25, 0.3) is 0 Å². The Balaban J connectivity index is 2.02. The summed E-state index contributed by atoms with van der Waals surface area (Å²) in [5.41, 5.74) is 2.34. The minimum absolute atomic E-state index is 0.0505. The lowest BCUT2D eigenvalue weighted by molar-refractivity contribution is 0.335. The average molecular weight is 298 g/mol. The normalized spacial score (nSPS) is 17.2. The minimum Gasteiger partial charge on any atom is -0.494 e. The number of hydrogen-bond acceptors (Lipinski definition) is 1. The minimum atomic E-state index is -0.145. The molecular formula is C20H23FO. The molecule has 0 aromatic heterocycles. The summed E-state index contributed by atoms with van der Waals surface area (Å²) < 4.78 is 19.3. The van der Waals surface area contributed by atoms with E-state index in [-0.39, 0.29) is 11.2 Å². The molecular weight excluding hydrogens is 275 g/mol. The SMILES string of the molecule is CCOc1ccc(C2(c3cccc(F)c3)CCCCC2)cc1. The molecule has 2 aromatic carbocycles. The van der Waals surface area contributed by atoms with E-state index in [2.05, 4.69) is 18.2 Å². The molecule has 0 heterocycles. The highest BCUT2D eigenvalue weighted by Gasteiger charge is 2.35. The highest BCUT2D eigenvalue weighted by Crippen LogP contribution is 2.45. The highest BCUT2D eigenvalue weighted by atomic mass is 19.1. The Bertz CT molecular complexity index is 612. The lowest BCUT2D eigenvalue weighted by Gasteiger charge is -2.38. The third-order valence-electron chi connectivity index (χ3n) is 4.80. The summed E-state index contributed by atoms with van der Waals surface area (Å²) in [7, 11) is 0. The maximum Gasteiger partial charge on any atom is 0.123 e.